The van der Waals surface area contributed by atoms with Gasteiger partial charge in [-0.2, -0.15) is 5.26 Å². The minimum atomic E-state index is -0.339. The molecular formula is C20H27FN6O. The number of nitrogens with one attached hydrogen (secondary N) is 2. The first-order valence-corrected chi connectivity index (χ1v) is 9.74. The Morgan fingerprint density at radius 3 is 2.57 bits per heavy atom. The maximum atomic E-state index is 13.9. The Morgan fingerprint density at radius 2 is 1.89 bits per heavy atom. The van der Waals surface area contributed by atoms with E-state index in [9.17, 15) is 14.4 Å². The monoisotopic (exact) mass is 386 g/mol. The molecule has 7 nitrogen and oxygen atoms in total. The summed E-state index contributed by atoms with van der Waals surface area (Å²) < 4.78 is 13.9. The van der Waals surface area contributed by atoms with Gasteiger partial charge in [-0.3, -0.25) is 9.69 Å². The largest absolute Gasteiger partial charge is 0.373 e. The normalized spacial score (nSPS) is 18.6. The lowest BCUT2D eigenvalue weighted by molar-refractivity contribution is -0.117. The first kappa shape index (κ1) is 20.1. The van der Waals surface area contributed by atoms with Crippen LogP contribution < -0.4 is 15.5 Å². The number of benzene rings is 1. The Hall–Kier alpha value is -2.63. The van der Waals surface area contributed by atoms with Gasteiger partial charge in [0.1, 0.15) is 17.5 Å². The fourth-order valence-electron chi connectivity index (χ4n) is 3.48. The number of nitrogens with zero attached hydrogens (tertiary/aromatic N) is 4. The molecule has 3 rings (SSSR count). The van der Waals surface area contributed by atoms with Gasteiger partial charge in [0.05, 0.1) is 5.69 Å². The zero-order valence-corrected chi connectivity index (χ0v) is 16.0. The van der Waals surface area contributed by atoms with Gasteiger partial charge in [-0.1, -0.05) is 12.1 Å². The molecule has 28 heavy (non-hydrogen) atoms. The van der Waals surface area contributed by atoms with Crippen molar-refractivity contribution < 1.29 is 9.18 Å². The predicted molar refractivity (Wildman–Crippen MR) is 106 cm³/mol. The number of anilines is 1. The van der Waals surface area contributed by atoms with E-state index in [4.69, 9.17) is 0 Å². The maximum absolute atomic E-state index is 13.9. The quantitative estimate of drug-likeness (QED) is 0.544. The van der Waals surface area contributed by atoms with E-state index in [-0.39, 0.29) is 17.3 Å². The zero-order valence-electron chi connectivity index (χ0n) is 16.0. The second kappa shape index (κ2) is 10.1. The van der Waals surface area contributed by atoms with E-state index in [0.717, 1.165) is 32.7 Å². The summed E-state index contributed by atoms with van der Waals surface area (Å²) in [5, 5.41) is 15.5. The molecule has 0 aromatic heterocycles. The number of halogens is 1. The highest BCUT2D eigenvalue weighted by atomic mass is 19.1. The van der Waals surface area contributed by atoms with Crippen LogP contribution in [-0.4, -0.2) is 81.2 Å². The molecule has 0 saturated carbocycles. The lowest BCUT2D eigenvalue weighted by Crippen LogP contribution is -2.46. The van der Waals surface area contributed by atoms with Crippen molar-refractivity contribution in [2.24, 2.45) is 0 Å². The van der Waals surface area contributed by atoms with E-state index < -0.39 is 0 Å². The van der Waals surface area contributed by atoms with Gasteiger partial charge < -0.3 is 20.4 Å². The molecule has 1 amide bonds. The van der Waals surface area contributed by atoms with Gasteiger partial charge in [0.25, 0.3) is 5.91 Å². The first-order valence-electron chi connectivity index (χ1n) is 9.74. The van der Waals surface area contributed by atoms with Crippen LogP contribution in [-0.2, 0) is 4.79 Å². The Kier molecular flexibility index (Phi) is 7.23. The fraction of sp³-hybridized carbons (Fsp3) is 0.500. The molecule has 0 spiro atoms. The molecule has 0 aliphatic carbocycles. The highest BCUT2D eigenvalue weighted by Crippen LogP contribution is 2.20. The van der Waals surface area contributed by atoms with Crippen molar-refractivity contribution >= 4 is 11.6 Å². The van der Waals surface area contributed by atoms with Crippen molar-refractivity contribution in [2.45, 2.75) is 0 Å². The van der Waals surface area contributed by atoms with Gasteiger partial charge in [0.15, 0.2) is 0 Å². The van der Waals surface area contributed by atoms with E-state index >= 15 is 0 Å². The number of hydrogen-bond donors (Lipinski definition) is 2. The van der Waals surface area contributed by atoms with Crippen molar-refractivity contribution in [3.8, 4) is 6.07 Å². The number of amides is 1. The van der Waals surface area contributed by atoms with Crippen molar-refractivity contribution in [1.29, 1.82) is 5.26 Å². The van der Waals surface area contributed by atoms with Crippen molar-refractivity contribution in [2.75, 3.05) is 70.3 Å². The summed E-state index contributed by atoms with van der Waals surface area (Å²) in [6.07, 6.45) is 1.62. The molecule has 2 aliphatic rings. The number of piperazine rings is 2. The number of hydrogen-bond acceptors (Lipinski definition) is 6. The maximum Gasteiger partial charge on any atom is 0.263 e. The summed E-state index contributed by atoms with van der Waals surface area (Å²) in [5.41, 5.74) is 0.706. The summed E-state index contributed by atoms with van der Waals surface area (Å²) in [6.45, 7) is 7.74. The van der Waals surface area contributed by atoms with E-state index in [0.29, 0.717) is 38.4 Å². The van der Waals surface area contributed by atoms with E-state index in [1.807, 2.05) is 21.9 Å². The molecule has 0 bridgehead atoms. The highest BCUT2D eigenvalue weighted by molar-refractivity contribution is 5.97. The molecule has 2 saturated heterocycles. The van der Waals surface area contributed by atoms with Crippen molar-refractivity contribution in [3.63, 3.8) is 0 Å². The van der Waals surface area contributed by atoms with Gasteiger partial charge in [0.2, 0.25) is 0 Å². The third-order valence-electron chi connectivity index (χ3n) is 5.11. The topological polar surface area (TPSA) is 74.6 Å². The molecule has 0 radical (unpaired) electrons. The van der Waals surface area contributed by atoms with Crippen LogP contribution in [0.25, 0.3) is 0 Å². The molecule has 2 fully saturated rings. The standard InChI is InChI=1S/C20H27FN6O/c21-18-3-1-2-4-19(18)27-13-11-26(12-14-27)16-17(15-22)20(28)24-7-10-25-8-5-23-6-9-25/h1-4,16,23H,5-14H2,(H,24,28)/b17-16-. The van der Waals surface area contributed by atoms with E-state index in [1.165, 1.54) is 6.07 Å². The lowest BCUT2D eigenvalue weighted by Gasteiger charge is -2.35. The first-order chi connectivity index (χ1) is 13.7. The van der Waals surface area contributed by atoms with Gasteiger partial charge in [-0.05, 0) is 12.1 Å². The van der Waals surface area contributed by atoms with E-state index in [2.05, 4.69) is 15.5 Å². The average Bonchev–Trinajstić information content (AvgIpc) is 2.73. The molecule has 0 unspecified atom stereocenters. The number of rotatable bonds is 6. The molecule has 2 N–H and O–H groups in total. The third kappa shape index (κ3) is 5.44. The minimum Gasteiger partial charge on any atom is -0.373 e. The molecule has 2 aliphatic heterocycles. The number of carbonyl (C=O) groups is 1. The SMILES string of the molecule is N#C/C(=C/N1CCN(c2ccccc2F)CC1)C(=O)NCCN1CCNCC1. The second-order valence-corrected chi connectivity index (χ2v) is 6.98. The van der Waals surface area contributed by atoms with Crippen molar-refractivity contribution in [1.82, 2.24) is 20.4 Å². The summed E-state index contributed by atoms with van der Waals surface area (Å²) in [4.78, 5) is 18.5. The lowest BCUT2D eigenvalue weighted by atomic mass is 10.2. The molecule has 1 aromatic rings. The Balaban J connectivity index is 1.47. The van der Waals surface area contributed by atoms with Crippen molar-refractivity contribution in [3.05, 3.63) is 41.9 Å². The molecule has 0 atom stereocenters. The average molecular weight is 386 g/mol. The molecule has 2 heterocycles. The van der Waals surface area contributed by atoms with Gasteiger partial charge in [-0.25, -0.2) is 4.39 Å². The summed E-state index contributed by atoms with van der Waals surface area (Å²) >= 11 is 0. The van der Waals surface area contributed by atoms with Crippen LogP contribution in [0.1, 0.15) is 0 Å². The van der Waals surface area contributed by atoms with Crippen LogP contribution in [0.5, 0.6) is 0 Å². The fourth-order valence-corrected chi connectivity index (χ4v) is 3.48. The van der Waals surface area contributed by atoms with Gasteiger partial charge in [-0.15, -0.1) is 0 Å². The van der Waals surface area contributed by atoms with Crippen LogP contribution in [0.2, 0.25) is 0 Å². The molecule has 150 valence electrons. The predicted octanol–water partition coefficient (Wildman–Crippen LogP) is 0.377. The Morgan fingerprint density at radius 1 is 1.18 bits per heavy atom. The Bertz CT molecular complexity index is 732. The third-order valence-corrected chi connectivity index (χ3v) is 5.11. The van der Waals surface area contributed by atoms with Crippen LogP contribution in [0.3, 0.4) is 0 Å². The number of para-hydroxylation sites is 1. The number of carbonyl (C=O) groups excluding carboxylic acids is 1. The smallest absolute Gasteiger partial charge is 0.263 e. The van der Waals surface area contributed by atoms with Gasteiger partial charge >= 0.3 is 0 Å². The zero-order chi connectivity index (χ0) is 19.8. The summed E-state index contributed by atoms with van der Waals surface area (Å²) in [6, 6.07) is 8.73. The molecule has 8 heteroatoms. The molecule has 1 aromatic carbocycles. The highest BCUT2D eigenvalue weighted by Gasteiger charge is 2.19. The Labute approximate surface area is 165 Å². The van der Waals surface area contributed by atoms with Crippen LogP contribution in [0.4, 0.5) is 10.1 Å². The van der Waals surface area contributed by atoms with Crippen LogP contribution >= 0.6 is 0 Å². The minimum absolute atomic E-state index is 0.111. The molecular weight excluding hydrogens is 359 g/mol. The summed E-state index contributed by atoms with van der Waals surface area (Å²) in [7, 11) is 0. The van der Waals surface area contributed by atoms with Gasteiger partial charge in [0, 0.05) is 71.6 Å². The second-order valence-electron chi connectivity index (χ2n) is 6.98. The van der Waals surface area contributed by atoms with E-state index in [1.54, 1.807) is 18.3 Å². The number of nitriles is 1. The summed E-state index contributed by atoms with van der Waals surface area (Å²) in [5.74, 6) is -0.567. The van der Waals surface area contributed by atoms with Crippen LogP contribution in [0, 0.1) is 17.1 Å². The van der Waals surface area contributed by atoms with Crippen LogP contribution in [0.15, 0.2) is 36.0 Å².